The summed E-state index contributed by atoms with van der Waals surface area (Å²) in [7, 11) is 0. The van der Waals surface area contributed by atoms with Crippen LogP contribution in [0.25, 0.3) is 5.69 Å². The van der Waals surface area contributed by atoms with Crippen molar-refractivity contribution in [3.05, 3.63) is 82.7 Å². The van der Waals surface area contributed by atoms with Gasteiger partial charge in [0, 0.05) is 28.2 Å². The van der Waals surface area contributed by atoms with Crippen molar-refractivity contribution < 1.29 is 19.1 Å². The van der Waals surface area contributed by atoms with Crippen LogP contribution in [-0.4, -0.2) is 35.9 Å². The van der Waals surface area contributed by atoms with Gasteiger partial charge in [0.15, 0.2) is 0 Å². The second-order valence-electron chi connectivity index (χ2n) is 7.50. The van der Waals surface area contributed by atoms with E-state index in [1.54, 1.807) is 49.5 Å². The first-order chi connectivity index (χ1) is 15.9. The lowest BCUT2D eigenvalue weighted by Crippen LogP contribution is -2.17. The molecule has 0 unspecified atom stereocenters. The van der Waals surface area contributed by atoms with Crippen LogP contribution in [0.5, 0.6) is 5.75 Å². The van der Waals surface area contributed by atoms with E-state index in [2.05, 4.69) is 15.1 Å². The van der Waals surface area contributed by atoms with Gasteiger partial charge in [0.1, 0.15) is 5.75 Å². The summed E-state index contributed by atoms with van der Waals surface area (Å²) in [6.45, 7) is 8.77. The third kappa shape index (κ3) is 5.88. The molecule has 0 bridgehead atoms. The molecule has 7 nitrogen and oxygen atoms in total. The van der Waals surface area contributed by atoms with Crippen molar-refractivity contribution in [2.24, 2.45) is 5.10 Å². The Bertz CT molecular complexity index is 1130. The van der Waals surface area contributed by atoms with Gasteiger partial charge >= 0.3 is 5.97 Å². The molecule has 0 atom stereocenters. The second kappa shape index (κ2) is 11.1. The predicted octanol–water partition coefficient (Wildman–Crippen LogP) is 4.82. The molecule has 0 aliphatic heterocycles. The molecule has 1 aromatic heterocycles. The molecule has 0 aliphatic rings. The molecular formula is C26H29N3O4. The minimum Gasteiger partial charge on any atom is -0.494 e. The number of nitrogens with zero attached hydrogens (tertiary/aromatic N) is 2. The Morgan fingerprint density at radius 2 is 1.67 bits per heavy atom. The zero-order valence-electron chi connectivity index (χ0n) is 19.4. The standard InChI is InChI=1S/C26H29N3O4/c1-5-15-33-24-13-9-20(10-14-24)25(30)28-27-17-22-16-18(3)29(19(22)4)23-11-7-21(8-12-23)26(31)32-6-2/h7-14,16-17H,5-6,15H2,1-4H3,(H,28,30)/b27-17+. The number of carbonyl (C=O) groups excluding carboxylic acids is 2. The molecule has 0 saturated carbocycles. The number of rotatable bonds is 9. The first-order valence-electron chi connectivity index (χ1n) is 11.0. The molecule has 1 heterocycles. The minimum atomic E-state index is -0.336. The Labute approximate surface area is 194 Å². The first-order valence-corrected chi connectivity index (χ1v) is 11.0. The molecule has 0 aliphatic carbocycles. The lowest BCUT2D eigenvalue weighted by Gasteiger charge is -2.10. The van der Waals surface area contributed by atoms with Crippen molar-refractivity contribution in [1.29, 1.82) is 0 Å². The van der Waals surface area contributed by atoms with E-state index < -0.39 is 0 Å². The van der Waals surface area contributed by atoms with E-state index in [0.29, 0.717) is 24.3 Å². The van der Waals surface area contributed by atoms with Gasteiger partial charge in [0.05, 0.1) is 25.0 Å². The van der Waals surface area contributed by atoms with Gasteiger partial charge < -0.3 is 14.0 Å². The normalized spacial score (nSPS) is 10.9. The van der Waals surface area contributed by atoms with Crippen LogP contribution in [0.1, 0.15) is 57.9 Å². The molecule has 3 aromatic rings. The summed E-state index contributed by atoms with van der Waals surface area (Å²) in [5.41, 5.74) is 7.36. The number of carbonyl (C=O) groups is 2. The highest BCUT2D eigenvalue weighted by Crippen LogP contribution is 2.20. The van der Waals surface area contributed by atoms with Crippen LogP contribution in [0.3, 0.4) is 0 Å². The molecule has 0 radical (unpaired) electrons. The summed E-state index contributed by atoms with van der Waals surface area (Å²) in [5, 5.41) is 4.13. The number of esters is 1. The van der Waals surface area contributed by atoms with Crippen LogP contribution >= 0.6 is 0 Å². The predicted molar refractivity (Wildman–Crippen MR) is 128 cm³/mol. The SMILES string of the molecule is CCCOc1ccc(C(=O)N/N=C/c2cc(C)n(-c3ccc(C(=O)OCC)cc3)c2C)cc1. The van der Waals surface area contributed by atoms with E-state index in [9.17, 15) is 9.59 Å². The zero-order chi connectivity index (χ0) is 23.8. The summed E-state index contributed by atoms with van der Waals surface area (Å²) in [6.07, 6.45) is 2.55. The Morgan fingerprint density at radius 1 is 1.00 bits per heavy atom. The van der Waals surface area contributed by atoms with Crippen LogP contribution in [-0.2, 0) is 4.74 Å². The van der Waals surface area contributed by atoms with Gasteiger partial charge in [-0.15, -0.1) is 0 Å². The monoisotopic (exact) mass is 447 g/mol. The highest BCUT2D eigenvalue weighted by molar-refractivity contribution is 5.95. The van der Waals surface area contributed by atoms with E-state index in [1.165, 1.54) is 0 Å². The maximum atomic E-state index is 12.4. The van der Waals surface area contributed by atoms with Crippen molar-refractivity contribution in [3.8, 4) is 11.4 Å². The number of hydrogen-bond donors (Lipinski definition) is 1. The Morgan fingerprint density at radius 3 is 2.30 bits per heavy atom. The summed E-state index contributed by atoms with van der Waals surface area (Å²) in [4.78, 5) is 24.2. The number of amides is 1. The average molecular weight is 448 g/mol. The number of nitrogens with one attached hydrogen (secondary N) is 1. The molecule has 0 fully saturated rings. The number of aryl methyl sites for hydroxylation is 1. The third-order valence-electron chi connectivity index (χ3n) is 5.07. The third-order valence-corrected chi connectivity index (χ3v) is 5.07. The van der Waals surface area contributed by atoms with Gasteiger partial charge in [0.25, 0.3) is 5.91 Å². The first kappa shape index (κ1) is 23.8. The molecule has 0 spiro atoms. The molecule has 172 valence electrons. The topological polar surface area (TPSA) is 81.9 Å². The van der Waals surface area contributed by atoms with Crippen LogP contribution in [0, 0.1) is 13.8 Å². The highest BCUT2D eigenvalue weighted by atomic mass is 16.5. The minimum absolute atomic E-state index is 0.295. The van der Waals surface area contributed by atoms with Crippen LogP contribution in [0.15, 0.2) is 59.7 Å². The number of benzene rings is 2. The highest BCUT2D eigenvalue weighted by Gasteiger charge is 2.12. The number of hydrogen-bond acceptors (Lipinski definition) is 5. The maximum Gasteiger partial charge on any atom is 0.338 e. The van der Waals surface area contributed by atoms with Gasteiger partial charge in [-0.25, -0.2) is 10.2 Å². The summed E-state index contributed by atoms with van der Waals surface area (Å²) < 4.78 is 12.6. The van der Waals surface area contributed by atoms with Crippen molar-refractivity contribution in [1.82, 2.24) is 9.99 Å². The number of ether oxygens (including phenoxy) is 2. The Hall–Kier alpha value is -3.87. The maximum absolute atomic E-state index is 12.4. The molecular weight excluding hydrogens is 418 g/mol. The van der Waals surface area contributed by atoms with Crippen LogP contribution < -0.4 is 10.2 Å². The summed E-state index contributed by atoms with van der Waals surface area (Å²) in [5.74, 6) is 0.105. The van der Waals surface area contributed by atoms with Crippen molar-refractivity contribution in [2.75, 3.05) is 13.2 Å². The van der Waals surface area contributed by atoms with Crippen molar-refractivity contribution in [3.63, 3.8) is 0 Å². The summed E-state index contributed by atoms with van der Waals surface area (Å²) >= 11 is 0. The lowest BCUT2D eigenvalue weighted by molar-refractivity contribution is 0.0526. The largest absolute Gasteiger partial charge is 0.494 e. The molecule has 1 amide bonds. The van der Waals surface area contributed by atoms with E-state index in [1.807, 2.05) is 39.0 Å². The molecule has 33 heavy (non-hydrogen) atoms. The Kier molecular flexibility index (Phi) is 8.02. The average Bonchev–Trinajstić information content (AvgIpc) is 3.11. The van der Waals surface area contributed by atoms with Gasteiger partial charge in [-0.1, -0.05) is 6.92 Å². The fourth-order valence-corrected chi connectivity index (χ4v) is 3.42. The van der Waals surface area contributed by atoms with E-state index >= 15 is 0 Å². The van der Waals surface area contributed by atoms with Gasteiger partial charge in [-0.3, -0.25) is 4.79 Å². The number of aromatic nitrogens is 1. The Balaban J connectivity index is 1.68. The molecule has 3 rings (SSSR count). The smallest absolute Gasteiger partial charge is 0.338 e. The van der Waals surface area contributed by atoms with Crippen molar-refractivity contribution in [2.45, 2.75) is 34.1 Å². The number of hydrazone groups is 1. The molecule has 1 N–H and O–H groups in total. The van der Waals surface area contributed by atoms with Crippen LogP contribution in [0.4, 0.5) is 0 Å². The molecule has 2 aromatic carbocycles. The zero-order valence-corrected chi connectivity index (χ0v) is 19.4. The summed E-state index contributed by atoms with van der Waals surface area (Å²) in [6, 6.07) is 16.2. The fourth-order valence-electron chi connectivity index (χ4n) is 3.42. The van der Waals surface area contributed by atoms with E-state index in [0.717, 1.165) is 34.8 Å². The van der Waals surface area contributed by atoms with Crippen LogP contribution in [0.2, 0.25) is 0 Å². The van der Waals surface area contributed by atoms with E-state index in [4.69, 9.17) is 9.47 Å². The molecule has 0 saturated heterocycles. The quantitative estimate of drug-likeness (QED) is 0.290. The van der Waals surface area contributed by atoms with Crippen molar-refractivity contribution >= 4 is 18.1 Å². The second-order valence-corrected chi connectivity index (χ2v) is 7.50. The lowest BCUT2D eigenvalue weighted by atomic mass is 10.2. The van der Waals surface area contributed by atoms with Gasteiger partial charge in [-0.05, 0) is 81.8 Å². The fraction of sp³-hybridized carbons (Fsp3) is 0.269. The van der Waals surface area contributed by atoms with E-state index in [-0.39, 0.29) is 11.9 Å². The van der Waals surface area contributed by atoms with Gasteiger partial charge in [0.2, 0.25) is 0 Å². The van der Waals surface area contributed by atoms with Gasteiger partial charge in [-0.2, -0.15) is 5.10 Å². The molecule has 7 heteroatoms.